The van der Waals surface area contributed by atoms with E-state index < -0.39 is 50.0 Å². The molecule has 4 aromatic heterocycles. The number of hydrogen-bond donors (Lipinski definition) is 4. The van der Waals surface area contributed by atoms with Gasteiger partial charge < -0.3 is 44.6 Å². The zero-order valence-electron chi connectivity index (χ0n) is 43.9. The molecule has 7 aromatic rings. The van der Waals surface area contributed by atoms with Crippen molar-refractivity contribution in [2.45, 2.75) is 121 Å². The Balaban J connectivity index is 0.905. The van der Waals surface area contributed by atoms with Crippen LogP contribution in [0.3, 0.4) is 0 Å². The van der Waals surface area contributed by atoms with E-state index >= 15 is 4.39 Å². The van der Waals surface area contributed by atoms with E-state index in [4.69, 9.17) is 29.2 Å². The summed E-state index contributed by atoms with van der Waals surface area (Å²) < 4.78 is 36.4. The number of alkyl carbamates (subject to hydrolysis) is 2. The van der Waals surface area contributed by atoms with Crippen molar-refractivity contribution in [2.75, 3.05) is 19.8 Å². The number of likely N-dealkylation sites (tertiary alicyclic amines) is 1. The Labute approximate surface area is 445 Å². The molecule has 3 fully saturated rings. The molecule has 76 heavy (non-hydrogen) atoms. The van der Waals surface area contributed by atoms with Crippen LogP contribution in [0.25, 0.3) is 44.7 Å². The van der Waals surface area contributed by atoms with Crippen LogP contribution >= 0.6 is 11.3 Å². The number of fused-ring (bicyclic) bond motifs is 5. The molecule has 5 atom stereocenters. The lowest BCUT2D eigenvalue weighted by atomic mass is 10.0. The summed E-state index contributed by atoms with van der Waals surface area (Å²) in [5.41, 5.74) is 4.44. The Morgan fingerprint density at radius 1 is 0.842 bits per heavy atom. The molecule has 20 heteroatoms. The number of ether oxygens (including phenoxy) is 3. The number of hydrogen-bond acceptors (Lipinski definition) is 11. The Bertz CT molecular complexity index is 3380. The molecule has 3 aromatic carbocycles. The first kappa shape index (κ1) is 50.8. The fourth-order valence-electron chi connectivity index (χ4n) is 11.0. The lowest BCUT2D eigenvalue weighted by Crippen LogP contribution is -2.51. The molecular formula is C56H63FN10O7SSi-. The highest BCUT2D eigenvalue weighted by atomic mass is 32.1. The molecule has 0 spiro atoms. The molecule has 0 radical (unpaired) electrons. The van der Waals surface area contributed by atoms with Crippen LogP contribution in [0, 0.1) is 11.7 Å². The molecule has 2 saturated heterocycles. The van der Waals surface area contributed by atoms with Crippen LogP contribution < -0.4 is 15.4 Å². The number of aromatic nitrogens is 6. The third-order valence-corrected chi connectivity index (χ3v) is 18.6. The number of benzene rings is 3. The highest BCUT2D eigenvalue weighted by Gasteiger charge is 2.42. The molecule has 4 N–H and O–H groups in total. The van der Waals surface area contributed by atoms with E-state index in [9.17, 15) is 19.2 Å². The monoisotopic (exact) mass is 1070 g/mol. The summed E-state index contributed by atoms with van der Waals surface area (Å²) in [5, 5.41) is 7.49. The molecule has 4 aliphatic rings. The highest BCUT2D eigenvalue weighted by Crippen LogP contribution is 2.50. The number of carbonyl (C=O) groups excluding carboxylic acids is 4. The number of aromatic amines is 2. The van der Waals surface area contributed by atoms with Gasteiger partial charge in [0, 0.05) is 35.2 Å². The predicted molar refractivity (Wildman–Crippen MR) is 289 cm³/mol. The summed E-state index contributed by atoms with van der Waals surface area (Å²) in [4.78, 5) is 79.9. The summed E-state index contributed by atoms with van der Waals surface area (Å²) in [6.45, 7) is 14.1. The number of methoxy groups -OCH3 is 1. The summed E-state index contributed by atoms with van der Waals surface area (Å²) in [6.07, 6.45) is 7.55. The van der Waals surface area contributed by atoms with Crippen LogP contribution in [0.2, 0.25) is 19.1 Å². The SMILES string of the molecule is COC(=O)N[C@H](C(=O)N1CCC[C@H]1c1ncc(-c2cc(F)c3c(c2)O[C@@H](c2cnc(C4CC4)s2)n2c-3cc3cc(-c4cnc([C@@H]5C[Si-](C)(C)CN5C(=O)C(NC(=O)OC(C)(C)C)c5ccccc5)[nH]4)ccc32)[nH]1)C(C)C. The third kappa shape index (κ3) is 9.87. The van der Waals surface area contributed by atoms with Gasteiger partial charge in [0.25, 0.3) is 0 Å². The molecule has 1 aliphatic carbocycles. The largest absolute Gasteiger partial charge is 0.464 e. The first-order chi connectivity index (χ1) is 36.3. The summed E-state index contributed by atoms with van der Waals surface area (Å²) in [6, 6.07) is 19.0. The topological polar surface area (TPSA) is 202 Å². The number of nitrogens with zero attached hydrogens (tertiary/aromatic N) is 6. The number of nitrogens with one attached hydrogen (secondary N) is 4. The molecule has 17 nitrogen and oxygen atoms in total. The Morgan fingerprint density at radius 2 is 1.57 bits per heavy atom. The van der Waals surface area contributed by atoms with Gasteiger partial charge in [0.15, 0.2) is 0 Å². The molecule has 4 amide bonds. The number of amides is 4. The summed E-state index contributed by atoms with van der Waals surface area (Å²) in [5.74, 6) is 0.926. The van der Waals surface area contributed by atoms with Crippen LogP contribution in [0.15, 0.2) is 85.3 Å². The number of thiazole rings is 1. The van der Waals surface area contributed by atoms with Crippen LogP contribution in [-0.2, 0) is 19.1 Å². The zero-order valence-corrected chi connectivity index (χ0v) is 45.7. The second-order valence-electron chi connectivity index (χ2n) is 22.6. The molecule has 1 unspecified atom stereocenters. The predicted octanol–water partition coefficient (Wildman–Crippen LogP) is 10.9. The van der Waals surface area contributed by atoms with Crippen molar-refractivity contribution in [3.8, 4) is 39.5 Å². The number of rotatable bonds is 12. The first-order valence-corrected chi connectivity index (χ1v) is 30.3. The van der Waals surface area contributed by atoms with Gasteiger partial charge in [-0.15, -0.1) is 25.5 Å². The van der Waals surface area contributed by atoms with Crippen molar-refractivity contribution in [2.24, 2.45) is 5.92 Å². The first-order valence-electron chi connectivity index (χ1n) is 26.0. The van der Waals surface area contributed by atoms with Crippen molar-refractivity contribution in [1.29, 1.82) is 0 Å². The van der Waals surface area contributed by atoms with Gasteiger partial charge in [0.2, 0.25) is 18.0 Å². The lowest BCUT2D eigenvalue weighted by molar-refractivity contribution is -0.135. The molecule has 3 aliphatic heterocycles. The highest BCUT2D eigenvalue weighted by molar-refractivity contribution is 7.11. The standard InChI is InChI=1S/C56H63FN10O7SSi/c1-30(2)46(63-54(70)72-6)51(68)65-20-12-15-40(65)48-58-26-38(62-48)34-22-36(57)45-41-23-35-21-33(18-19-39(35)67(41)53(73-43(45)24-34)44-27-60-50(75-44)32-16-17-32)37-25-59-49(61-37)42-28-76(7,8)29-66(42)52(69)47(31-13-10-9-11-14-31)64-55(71)74-56(3,4)5/h9-11,13-14,18-19,21-27,30,32,40,42,46-47,53H,12,15-17,20,28-29H2,1-8H3,(H,58,62)(H,59,61)(H,63,70)(H,64,71)/q-1/t40-,42-,46-,47?,53-/m0/s1. The van der Waals surface area contributed by atoms with Crippen molar-refractivity contribution in [3.05, 3.63) is 118 Å². The number of H-pyrrole nitrogens is 2. The van der Waals surface area contributed by atoms with E-state index in [0.29, 0.717) is 70.5 Å². The number of carbonyl (C=O) groups is 4. The van der Waals surface area contributed by atoms with E-state index in [1.165, 1.54) is 13.2 Å². The van der Waals surface area contributed by atoms with Gasteiger partial charge in [-0.2, -0.15) is 13.1 Å². The van der Waals surface area contributed by atoms with Gasteiger partial charge >= 0.3 is 12.2 Å². The van der Waals surface area contributed by atoms with Crippen LogP contribution in [0.5, 0.6) is 5.75 Å². The fourth-order valence-corrected chi connectivity index (χ4v) is 15.0. The van der Waals surface area contributed by atoms with E-state index in [0.717, 1.165) is 57.4 Å². The average molecular weight is 1070 g/mol. The second kappa shape index (κ2) is 19.7. The normalized spacial score (nSPS) is 19.7. The molecular weight excluding hydrogens is 1000 g/mol. The van der Waals surface area contributed by atoms with Gasteiger partial charge in [-0.1, -0.05) is 56.4 Å². The van der Waals surface area contributed by atoms with Crippen molar-refractivity contribution < 1.29 is 37.8 Å². The van der Waals surface area contributed by atoms with E-state index in [-0.39, 0.29) is 29.8 Å². The third-order valence-electron chi connectivity index (χ3n) is 14.7. The summed E-state index contributed by atoms with van der Waals surface area (Å²) in [7, 11) is -0.676. The minimum atomic E-state index is -1.94. The van der Waals surface area contributed by atoms with Crippen LogP contribution in [0.4, 0.5) is 14.0 Å². The maximum Gasteiger partial charge on any atom is 0.408 e. The lowest BCUT2D eigenvalue weighted by Gasteiger charge is -2.32. The maximum absolute atomic E-state index is 17.1. The van der Waals surface area contributed by atoms with Gasteiger partial charge in [0.1, 0.15) is 40.9 Å². The van der Waals surface area contributed by atoms with Crippen molar-refractivity contribution in [1.82, 2.24) is 49.9 Å². The van der Waals surface area contributed by atoms with Crippen molar-refractivity contribution in [3.63, 3.8) is 0 Å². The van der Waals surface area contributed by atoms with Crippen LogP contribution in [-0.4, -0.2) is 103 Å². The quantitative estimate of drug-likeness (QED) is 0.0853. The molecule has 11 rings (SSSR count). The minimum absolute atomic E-state index is 0.182. The number of imidazole rings is 2. The minimum Gasteiger partial charge on any atom is -0.464 e. The molecule has 1 saturated carbocycles. The van der Waals surface area contributed by atoms with Gasteiger partial charge in [-0.25, -0.2) is 28.9 Å². The van der Waals surface area contributed by atoms with E-state index in [1.54, 1.807) is 49.4 Å². The van der Waals surface area contributed by atoms with E-state index in [1.807, 2.05) is 79.5 Å². The average Bonchev–Trinajstić information content (AvgIpc) is 4.16. The Morgan fingerprint density at radius 3 is 2.26 bits per heavy atom. The Hall–Kier alpha value is -7.32. The maximum atomic E-state index is 17.1. The molecule has 7 heterocycles. The number of halogens is 1. The van der Waals surface area contributed by atoms with Crippen molar-refractivity contribution >= 4 is 54.3 Å². The van der Waals surface area contributed by atoms with Gasteiger partial charge in [-0.05, 0) is 88.3 Å². The zero-order chi connectivity index (χ0) is 53.4. The van der Waals surface area contributed by atoms with E-state index in [2.05, 4.69) is 44.3 Å². The van der Waals surface area contributed by atoms with Crippen LogP contribution in [0.1, 0.15) is 118 Å². The molecule has 397 valence electrons. The second-order valence-corrected chi connectivity index (χ2v) is 28.7. The smallest absolute Gasteiger partial charge is 0.408 e. The molecule has 0 bridgehead atoms. The summed E-state index contributed by atoms with van der Waals surface area (Å²) >= 11 is 1.62. The van der Waals surface area contributed by atoms with Gasteiger partial charge in [-0.3, -0.25) is 14.2 Å². The fraction of sp³-hybridized carbons (Fsp3) is 0.411. The Kier molecular flexibility index (Phi) is 13.2. The van der Waals surface area contributed by atoms with Gasteiger partial charge in [0.05, 0.1) is 69.6 Å².